The molecule has 4 rings (SSSR count). The second-order valence-electron chi connectivity index (χ2n) is 9.54. The summed E-state index contributed by atoms with van der Waals surface area (Å²) in [7, 11) is 0. The highest BCUT2D eigenvalue weighted by molar-refractivity contribution is 6.01. The molecule has 2 amide bonds. The Hall–Kier alpha value is -2.90. The first-order chi connectivity index (χ1) is 15.2. The maximum Gasteiger partial charge on any atom is 0.255 e. The molecule has 0 radical (unpaired) electrons. The molecule has 7 nitrogen and oxygen atoms in total. The molecule has 2 unspecified atom stereocenters. The zero-order valence-corrected chi connectivity index (χ0v) is 18.9. The van der Waals surface area contributed by atoms with Crippen molar-refractivity contribution in [3.63, 3.8) is 0 Å². The van der Waals surface area contributed by atoms with Crippen LogP contribution in [0.25, 0.3) is 0 Å². The molecule has 0 aliphatic carbocycles. The third kappa shape index (κ3) is 4.95. The van der Waals surface area contributed by atoms with Crippen molar-refractivity contribution in [3.8, 4) is 5.75 Å². The number of nitrogens with one attached hydrogen (secondary N) is 2. The van der Waals surface area contributed by atoms with E-state index < -0.39 is 12.3 Å². The van der Waals surface area contributed by atoms with E-state index in [-0.39, 0.29) is 17.4 Å². The minimum absolute atomic E-state index is 0.0683. The predicted octanol–water partition coefficient (Wildman–Crippen LogP) is 2.71. The molecule has 1 fully saturated rings. The zero-order valence-electron chi connectivity index (χ0n) is 18.9. The molecule has 2 heterocycles. The smallest absolute Gasteiger partial charge is 0.255 e. The van der Waals surface area contributed by atoms with Crippen LogP contribution in [0.5, 0.6) is 5.75 Å². The lowest BCUT2D eigenvalue weighted by Crippen LogP contribution is -2.54. The molecule has 170 valence electrons. The molecule has 0 aromatic heterocycles. The van der Waals surface area contributed by atoms with E-state index in [9.17, 15) is 14.7 Å². The maximum absolute atomic E-state index is 12.9. The maximum atomic E-state index is 12.9. The molecule has 1 saturated heterocycles. The fourth-order valence-corrected chi connectivity index (χ4v) is 4.07. The number of carbonyl (C=O) groups excluding carboxylic acids is 2. The minimum atomic E-state index is -0.839. The van der Waals surface area contributed by atoms with E-state index in [2.05, 4.69) is 55.7 Å². The molecular weight excluding hydrogens is 406 g/mol. The summed E-state index contributed by atoms with van der Waals surface area (Å²) in [5, 5.41) is 15.6. The van der Waals surface area contributed by atoms with Gasteiger partial charge in [-0.15, -0.1) is 0 Å². The van der Waals surface area contributed by atoms with E-state index >= 15 is 0 Å². The van der Waals surface area contributed by atoms with Gasteiger partial charge in [-0.25, -0.2) is 0 Å². The fourth-order valence-electron chi connectivity index (χ4n) is 4.07. The number of fused-ring (bicyclic) bond motifs is 1. The van der Waals surface area contributed by atoms with E-state index in [0.29, 0.717) is 37.3 Å². The molecular formula is C25H31N3O4. The second kappa shape index (κ2) is 8.92. The molecule has 7 heteroatoms. The van der Waals surface area contributed by atoms with Crippen LogP contribution in [0.4, 0.5) is 0 Å². The van der Waals surface area contributed by atoms with E-state index in [1.807, 2.05) is 12.1 Å². The standard InChI is InChI=1S/C25H31N3O4/c1-25(2,3)26-13-16-7-9-17(10-8-16)15-32-21-6-4-5-18-19(21)14-28(24(18)31)20-11-12-22(29)27-23(20)30/h4-10,20,22,26,29H,11-15H2,1-3H3,(H,27,30). The number of hydrogen-bond donors (Lipinski definition) is 3. The summed E-state index contributed by atoms with van der Waals surface area (Å²) in [4.78, 5) is 26.8. The first kappa shape index (κ1) is 22.3. The van der Waals surface area contributed by atoms with Crippen molar-refractivity contribution in [2.24, 2.45) is 0 Å². The molecule has 2 aromatic rings. The van der Waals surface area contributed by atoms with Crippen LogP contribution in [0.3, 0.4) is 0 Å². The quantitative estimate of drug-likeness (QED) is 0.647. The molecule has 2 atom stereocenters. The van der Waals surface area contributed by atoms with Gasteiger partial charge in [0.05, 0.1) is 6.54 Å². The molecule has 0 spiro atoms. The van der Waals surface area contributed by atoms with Gasteiger partial charge in [0, 0.05) is 23.2 Å². The van der Waals surface area contributed by atoms with Crippen molar-refractivity contribution in [1.29, 1.82) is 0 Å². The van der Waals surface area contributed by atoms with Gasteiger partial charge in [-0.1, -0.05) is 30.3 Å². The normalized spacial score (nSPS) is 20.8. The molecule has 3 N–H and O–H groups in total. The Morgan fingerprint density at radius 3 is 2.50 bits per heavy atom. The van der Waals surface area contributed by atoms with Crippen molar-refractivity contribution in [1.82, 2.24) is 15.5 Å². The van der Waals surface area contributed by atoms with E-state index in [0.717, 1.165) is 17.7 Å². The van der Waals surface area contributed by atoms with Crippen LogP contribution in [0, 0.1) is 0 Å². The number of hydrogen-bond acceptors (Lipinski definition) is 5. The Balaban J connectivity index is 1.41. The van der Waals surface area contributed by atoms with Gasteiger partial charge in [0.2, 0.25) is 5.91 Å². The summed E-state index contributed by atoms with van der Waals surface area (Å²) in [5.41, 5.74) is 3.71. The van der Waals surface area contributed by atoms with Gasteiger partial charge in [0.15, 0.2) is 0 Å². The van der Waals surface area contributed by atoms with E-state index in [4.69, 9.17) is 4.74 Å². The van der Waals surface area contributed by atoms with Crippen LogP contribution in [0.1, 0.15) is 60.7 Å². The summed E-state index contributed by atoms with van der Waals surface area (Å²) in [5.74, 6) is 0.180. The Morgan fingerprint density at radius 1 is 1.09 bits per heavy atom. The number of nitrogens with zero attached hydrogens (tertiary/aromatic N) is 1. The van der Waals surface area contributed by atoms with Crippen molar-refractivity contribution in [2.75, 3.05) is 0 Å². The van der Waals surface area contributed by atoms with Gasteiger partial charge < -0.3 is 25.4 Å². The van der Waals surface area contributed by atoms with Crippen molar-refractivity contribution in [2.45, 2.75) is 71.1 Å². The number of carbonyl (C=O) groups is 2. The highest BCUT2D eigenvalue weighted by atomic mass is 16.5. The van der Waals surface area contributed by atoms with Crippen molar-refractivity contribution < 1.29 is 19.4 Å². The van der Waals surface area contributed by atoms with E-state index in [1.54, 1.807) is 11.0 Å². The van der Waals surface area contributed by atoms with E-state index in [1.165, 1.54) is 5.56 Å². The Kier molecular flexibility index (Phi) is 6.22. The largest absolute Gasteiger partial charge is 0.489 e. The van der Waals surface area contributed by atoms with Gasteiger partial charge in [-0.2, -0.15) is 0 Å². The molecule has 2 aromatic carbocycles. The third-order valence-corrected chi connectivity index (χ3v) is 5.89. The molecule has 32 heavy (non-hydrogen) atoms. The monoisotopic (exact) mass is 437 g/mol. The molecule has 0 bridgehead atoms. The van der Waals surface area contributed by atoms with Crippen LogP contribution in [0.2, 0.25) is 0 Å². The third-order valence-electron chi connectivity index (χ3n) is 5.89. The van der Waals surface area contributed by atoms with Crippen LogP contribution in [-0.4, -0.2) is 39.6 Å². The fraction of sp³-hybridized carbons (Fsp3) is 0.440. The SMILES string of the molecule is CC(C)(C)NCc1ccc(COc2cccc3c2CN(C2CCC(O)NC2=O)C3=O)cc1. The Bertz CT molecular complexity index is 997. The Labute approximate surface area is 188 Å². The van der Waals surface area contributed by atoms with Crippen LogP contribution >= 0.6 is 0 Å². The van der Waals surface area contributed by atoms with Gasteiger partial charge >= 0.3 is 0 Å². The van der Waals surface area contributed by atoms with Crippen LogP contribution < -0.4 is 15.4 Å². The summed E-state index contributed by atoms with van der Waals surface area (Å²) in [6.45, 7) is 7.96. The van der Waals surface area contributed by atoms with Crippen molar-refractivity contribution in [3.05, 3.63) is 64.7 Å². The predicted molar refractivity (Wildman–Crippen MR) is 121 cm³/mol. The minimum Gasteiger partial charge on any atom is -0.489 e. The lowest BCUT2D eigenvalue weighted by Gasteiger charge is -2.32. The average Bonchev–Trinajstić information content (AvgIpc) is 3.08. The molecule has 2 aliphatic heterocycles. The number of aliphatic hydroxyl groups excluding tert-OH is 1. The summed E-state index contributed by atoms with van der Waals surface area (Å²) >= 11 is 0. The zero-order chi connectivity index (χ0) is 22.9. The van der Waals surface area contributed by atoms with Crippen LogP contribution in [0.15, 0.2) is 42.5 Å². The number of piperidine rings is 1. The van der Waals surface area contributed by atoms with Gasteiger partial charge in [0.1, 0.15) is 24.6 Å². The number of ether oxygens (including phenoxy) is 1. The number of aliphatic hydroxyl groups is 1. The average molecular weight is 438 g/mol. The van der Waals surface area contributed by atoms with Crippen LogP contribution in [-0.2, 0) is 24.5 Å². The summed E-state index contributed by atoms with van der Waals surface area (Å²) in [6.07, 6.45) is 0.0360. The number of amides is 2. The lowest BCUT2D eigenvalue weighted by atomic mass is 10.0. The van der Waals surface area contributed by atoms with Gasteiger partial charge in [-0.3, -0.25) is 9.59 Å². The molecule has 0 saturated carbocycles. The first-order valence-electron chi connectivity index (χ1n) is 11.1. The summed E-state index contributed by atoms with van der Waals surface area (Å²) < 4.78 is 6.08. The van der Waals surface area contributed by atoms with Crippen molar-refractivity contribution >= 4 is 11.8 Å². The van der Waals surface area contributed by atoms with Gasteiger partial charge in [-0.05, 0) is 56.9 Å². The lowest BCUT2D eigenvalue weighted by molar-refractivity contribution is -0.132. The topological polar surface area (TPSA) is 90.9 Å². The summed E-state index contributed by atoms with van der Waals surface area (Å²) in [6, 6.07) is 13.2. The number of benzene rings is 2. The Morgan fingerprint density at radius 2 is 1.81 bits per heavy atom. The van der Waals surface area contributed by atoms with Gasteiger partial charge in [0.25, 0.3) is 5.91 Å². The number of rotatable bonds is 6. The second-order valence-corrected chi connectivity index (χ2v) is 9.54. The highest BCUT2D eigenvalue weighted by Crippen LogP contribution is 2.34. The molecule has 2 aliphatic rings. The first-order valence-corrected chi connectivity index (χ1v) is 11.1. The highest BCUT2D eigenvalue weighted by Gasteiger charge is 2.40.